The van der Waals surface area contributed by atoms with E-state index in [0.29, 0.717) is 0 Å². The van der Waals surface area contributed by atoms with Crippen LogP contribution >= 0.6 is 0 Å². The van der Waals surface area contributed by atoms with E-state index in [9.17, 15) is 0 Å². The van der Waals surface area contributed by atoms with Crippen LogP contribution in [0, 0.1) is 5.41 Å². The third-order valence-corrected chi connectivity index (χ3v) is 4.22. The summed E-state index contributed by atoms with van der Waals surface area (Å²) in [5.41, 5.74) is 0.194. The first-order chi connectivity index (χ1) is 7.58. The standard InChI is InChI=1S/C12H30O2Si2/c1-6-7-8-9-10-12(2,3)11(13-15-4)14-16-5/h11H,6-10,15-16H2,1-5H3. The van der Waals surface area contributed by atoms with Crippen LogP contribution in [0.15, 0.2) is 0 Å². The maximum absolute atomic E-state index is 5.86. The third-order valence-electron chi connectivity index (χ3n) is 2.95. The summed E-state index contributed by atoms with van der Waals surface area (Å²) in [4.78, 5) is 0. The minimum atomic E-state index is -0.369. The van der Waals surface area contributed by atoms with E-state index in [2.05, 4.69) is 33.9 Å². The second-order valence-electron chi connectivity index (χ2n) is 5.04. The fourth-order valence-corrected chi connectivity index (χ4v) is 3.82. The molecule has 98 valence electrons. The Bertz CT molecular complexity index is 157. The molecule has 0 rings (SSSR count). The first-order valence-electron chi connectivity index (χ1n) is 6.81. The highest BCUT2D eigenvalue weighted by Gasteiger charge is 2.29. The van der Waals surface area contributed by atoms with Crippen molar-refractivity contribution < 1.29 is 8.85 Å². The zero-order chi connectivity index (χ0) is 12.4. The lowest BCUT2D eigenvalue weighted by molar-refractivity contribution is -0.0827. The predicted octanol–water partition coefficient (Wildman–Crippen LogP) is 2.61. The van der Waals surface area contributed by atoms with Gasteiger partial charge in [0.2, 0.25) is 0 Å². The lowest BCUT2D eigenvalue weighted by Gasteiger charge is -2.34. The van der Waals surface area contributed by atoms with Crippen molar-refractivity contribution in [1.29, 1.82) is 0 Å². The molecule has 0 bridgehead atoms. The molecule has 0 fully saturated rings. The highest BCUT2D eigenvalue weighted by Crippen LogP contribution is 2.30. The second-order valence-corrected chi connectivity index (χ2v) is 6.86. The topological polar surface area (TPSA) is 18.5 Å². The van der Waals surface area contributed by atoms with Crippen LogP contribution in [0.5, 0.6) is 0 Å². The molecular weight excluding hydrogens is 232 g/mol. The van der Waals surface area contributed by atoms with Crippen molar-refractivity contribution in [3.8, 4) is 0 Å². The zero-order valence-corrected chi connectivity index (χ0v) is 14.7. The monoisotopic (exact) mass is 262 g/mol. The normalized spacial score (nSPS) is 15.6. The van der Waals surface area contributed by atoms with E-state index in [1.165, 1.54) is 32.1 Å². The molecule has 0 amide bonds. The second kappa shape index (κ2) is 9.39. The highest BCUT2D eigenvalue weighted by molar-refractivity contribution is 6.26. The summed E-state index contributed by atoms with van der Waals surface area (Å²) in [6.07, 6.45) is 6.61. The molecular formula is C12H30O2Si2. The fourth-order valence-electron chi connectivity index (χ4n) is 1.93. The van der Waals surface area contributed by atoms with Gasteiger partial charge in [0.1, 0.15) is 6.29 Å². The number of unbranched alkanes of at least 4 members (excludes halogenated alkanes) is 3. The Morgan fingerprint density at radius 2 is 1.56 bits per heavy atom. The first kappa shape index (κ1) is 16.4. The number of rotatable bonds is 10. The Kier molecular flexibility index (Phi) is 9.60. The van der Waals surface area contributed by atoms with E-state index in [4.69, 9.17) is 8.85 Å². The Labute approximate surface area is 106 Å². The Balaban J connectivity index is 4.01. The maximum atomic E-state index is 5.86. The average Bonchev–Trinajstić information content (AvgIpc) is 2.24. The summed E-state index contributed by atoms with van der Waals surface area (Å²) in [5, 5.41) is 0. The minimum absolute atomic E-state index is 0.0717. The van der Waals surface area contributed by atoms with E-state index in [1.54, 1.807) is 0 Å². The Morgan fingerprint density at radius 1 is 1.00 bits per heavy atom. The molecule has 0 aliphatic heterocycles. The first-order valence-corrected chi connectivity index (χ1v) is 10.8. The molecule has 4 heteroatoms. The Hall–Kier alpha value is 0.354. The summed E-state index contributed by atoms with van der Waals surface area (Å²) in [6.45, 7) is 11.2. The van der Waals surface area contributed by atoms with Crippen molar-refractivity contribution in [1.82, 2.24) is 0 Å². The van der Waals surface area contributed by atoms with Gasteiger partial charge in [0.25, 0.3) is 0 Å². The smallest absolute Gasteiger partial charge is 0.161 e. The van der Waals surface area contributed by atoms with E-state index in [1.807, 2.05) is 0 Å². The molecule has 0 N–H and O–H groups in total. The molecule has 2 nitrogen and oxygen atoms in total. The molecule has 0 aliphatic carbocycles. The van der Waals surface area contributed by atoms with Crippen molar-refractivity contribution >= 4 is 19.5 Å². The van der Waals surface area contributed by atoms with Gasteiger partial charge in [-0.1, -0.05) is 59.5 Å². The molecule has 0 saturated heterocycles. The average molecular weight is 263 g/mol. The van der Waals surface area contributed by atoms with Gasteiger partial charge in [-0.2, -0.15) is 0 Å². The lowest BCUT2D eigenvalue weighted by atomic mass is 9.86. The van der Waals surface area contributed by atoms with Crippen molar-refractivity contribution in [3.05, 3.63) is 0 Å². The van der Waals surface area contributed by atoms with Crippen LogP contribution in [0.1, 0.15) is 52.9 Å². The number of hydrogen-bond acceptors (Lipinski definition) is 2. The largest absolute Gasteiger partial charge is 0.400 e. The molecule has 0 aliphatic rings. The molecule has 0 saturated carbocycles. The molecule has 0 aromatic rings. The molecule has 0 heterocycles. The van der Waals surface area contributed by atoms with Gasteiger partial charge in [0.15, 0.2) is 19.5 Å². The summed E-state index contributed by atoms with van der Waals surface area (Å²) in [5.74, 6) is 0. The third kappa shape index (κ3) is 6.83. The van der Waals surface area contributed by atoms with Crippen molar-refractivity contribution in [3.63, 3.8) is 0 Å². The van der Waals surface area contributed by atoms with Gasteiger partial charge in [0.05, 0.1) is 0 Å². The summed E-state index contributed by atoms with van der Waals surface area (Å²) in [6, 6.07) is 0. The Morgan fingerprint density at radius 3 is 2.00 bits per heavy atom. The van der Waals surface area contributed by atoms with Crippen molar-refractivity contribution in [2.75, 3.05) is 0 Å². The van der Waals surface area contributed by atoms with E-state index in [0.717, 1.165) is 0 Å². The van der Waals surface area contributed by atoms with Crippen molar-refractivity contribution in [2.45, 2.75) is 72.3 Å². The zero-order valence-electron chi connectivity index (χ0n) is 11.8. The van der Waals surface area contributed by atoms with Gasteiger partial charge in [-0.25, -0.2) is 0 Å². The van der Waals surface area contributed by atoms with Crippen LogP contribution in [0.25, 0.3) is 0 Å². The van der Waals surface area contributed by atoms with Gasteiger partial charge < -0.3 is 8.85 Å². The molecule has 0 spiro atoms. The fraction of sp³-hybridized carbons (Fsp3) is 1.00. The number of hydrogen-bond donors (Lipinski definition) is 0. The molecule has 0 radical (unpaired) electrons. The van der Waals surface area contributed by atoms with E-state index in [-0.39, 0.29) is 31.2 Å². The SMILES string of the molecule is CCCCCCC(C)(C)C(O[SiH2]C)O[SiH2]C. The van der Waals surface area contributed by atoms with Gasteiger partial charge >= 0.3 is 0 Å². The summed E-state index contributed by atoms with van der Waals surface area (Å²) >= 11 is 0. The van der Waals surface area contributed by atoms with Gasteiger partial charge in [0, 0.05) is 5.41 Å². The van der Waals surface area contributed by atoms with Crippen LogP contribution in [0.2, 0.25) is 13.1 Å². The van der Waals surface area contributed by atoms with Crippen LogP contribution in [-0.2, 0) is 8.85 Å². The summed E-state index contributed by atoms with van der Waals surface area (Å²) < 4.78 is 11.7. The molecule has 0 unspecified atom stereocenters. The van der Waals surface area contributed by atoms with Gasteiger partial charge in [-0.3, -0.25) is 0 Å². The van der Waals surface area contributed by atoms with E-state index < -0.39 is 0 Å². The minimum Gasteiger partial charge on any atom is -0.400 e. The quantitative estimate of drug-likeness (QED) is 0.342. The lowest BCUT2D eigenvalue weighted by Crippen LogP contribution is -2.36. The van der Waals surface area contributed by atoms with Gasteiger partial charge in [-0.15, -0.1) is 0 Å². The molecule has 0 atom stereocenters. The molecule has 0 aromatic heterocycles. The van der Waals surface area contributed by atoms with Crippen LogP contribution in [-0.4, -0.2) is 25.8 Å². The molecule has 16 heavy (non-hydrogen) atoms. The highest BCUT2D eigenvalue weighted by atomic mass is 28.2. The van der Waals surface area contributed by atoms with Gasteiger partial charge in [-0.05, 0) is 6.42 Å². The molecule has 0 aromatic carbocycles. The van der Waals surface area contributed by atoms with Crippen LogP contribution in [0.4, 0.5) is 0 Å². The van der Waals surface area contributed by atoms with Crippen LogP contribution in [0.3, 0.4) is 0 Å². The van der Waals surface area contributed by atoms with Crippen LogP contribution < -0.4 is 0 Å². The van der Waals surface area contributed by atoms with E-state index >= 15 is 0 Å². The maximum Gasteiger partial charge on any atom is 0.161 e. The predicted molar refractivity (Wildman–Crippen MR) is 77.3 cm³/mol. The summed E-state index contributed by atoms with van der Waals surface area (Å²) in [7, 11) is -0.738. The van der Waals surface area contributed by atoms with Crippen molar-refractivity contribution in [2.24, 2.45) is 5.41 Å².